The Hall–Kier alpha value is -3.31. The molecule has 2 fully saturated rings. The highest BCUT2D eigenvalue weighted by Crippen LogP contribution is 2.37. The van der Waals surface area contributed by atoms with E-state index in [1.165, 1.54) is 0 Å². The van der Waals surface area contributed by atoms with Gasteiger partial charge in [0.1, 0.15) is 12.4 Å². The largest absolute Gasteiger partial charge is 0.491 e. The second-order valence-electron chi connectivity index (χ2n) is 10.6. The highest BCUT2D eigenvalue weighted by molar-refractivity contribution is 7.91. The first-order valence-electron chi connectivity index (χ1n) is 13.8. The number of benzene rings is 3. The predicted molar refractivity (Wildman–Crippen MR) is 163 cm³/mol. The Bertz CT molecular complexity index is 1700. The average Bonchev–Trinajstić information content (AvgIpc) is 3.32. The molecule has 9 nitrogen and oxygen atoms in total. The van der Waals surface area contributed by atoms with E-state index in [4.69, 9.17) is 26.8 Å². The van der Waals surface area contributed by atoms with Crippen molar-refractivity contribution in [3.05, 3.63) is 59.1 Å². The summed E-state index contributed by atoms with van der Waals surface area (Å²) in [5, 5.41) is 2.51. The number of aromatic amines is 1. The van der Waals surface area contributed by atoms with Crippen LogP contribution in [0, 0.1) is 0 Å². The van der Waals surface area contributed by atoms with E-state index in [1.807, 2.05) is 42.5 Å². The molecule has 1 amide bonds. The van der Waals surface area contributed by atoms with Crippen LogP contribution in [0.2, 0.25) is 5.02 Å². The number of hydrogen-bond acceptors (Lipinski definition) is 7. The summed E-state index contributed by atoms with van der Waals surface area (Å²) in [6.07, 6.45) is 0.0878. The van der Waals surface area contributed by atoms with Gasteiger partial charge in [-0.2, -0.15) is 0 Å². The molecule has 3 N–H and O–H groups in total. The Morgan fingerprint density at radius 2 is 1.76 bits per heavy atom. The number of rotatable bonds is 8. The van der Waals surface area contributed by atoms with Crippen LogP contribution in [0.15, 0.2) is 48.5 Å². The van der Waals surface area contributed by atoms with Gasteiger partial charge in [0.15, 0.2) is 9.84 Å². The van der Waals surface area contributed by atoms with Gasteiger partial charge in [0.2, 0.25) is 5.91 Å². The summed E-state index contributed by atoms with van der Waals surface area (Å²) in [6, 6.07) is 15.9. The summed E-state index contributed by atoms with van der Waals surface area (Å²) in [6.45, 7) is 5.61. The molecule has 4 aromatic rings. The van der Waals surface area contributed by atoms with Crippen molar-refractivity contribution < 1.29 is 22.7 Å². The van der Waals surface area contributed by atoms with Crippen LogP contribution in [0.25, 0.3) is 32.9 Å². The zero-order valence-corrected chi connectivity index (χ0v) is 24.3. The number of aromatic nitrogens is 1. The first-order valence-corrected chi connectivity index (χ1v) is 16.0. The number of nitrogens with two attached hydrogens (primary N) is 1. The maximum absolute atomic E-state index is 12.0. The molecular formula is C30H33ClN4O5S. The Labute approximate surface area is 244 Å². The molecule has 41 heavy (non-hydrogen) atoms. The van der Waals surface area contributed by atoms with Crippen molar-refractivity contribution in [2.45, 2.75) is 6.42 Å². The van der Waals surface area contributed by atoms with E-state index < -0.39 is 15.7 Å². The van der Waals surface area contributed by atoms with Gasteiger partial charge in [-0.25, -0.2) is 8.42 Å². The molecule has 2 aliphatic rings. The third-order valence-corrected chi connectivity index (χ3v) is 9.79. The van der Waals surface area contributed by atoms with Gasteiger partial charge in [-0.3, -0.25) is 9.69 Å². The Kier molecular flexibility index (Phi) is 7.82. The predicted octanol–water partition coefficient (Wildman–Crippen LogP) is 3.62. The maximum Gasteiger partial charge on any atom is 0.221 e. The number of morpholine rings is 1. The van der Waals surface area contributed by atoms with E-state index >= 15 is 0 Å². The van der Waals surface area contributed by atoms with Crippen molar-refractivity contribution in [3.63, 3.8) is 0 Å². The average molecular weight is 597 g/mol. The van der Waals surface area contributed by atoms with Gasteiger partial charge >= 0.3 is 0 Å². The number of carbonyl (C=O) groups is 1. The van der Waals surface area contributed by atoms with Crippen molar-refractivity contribution in [2.75, 3.05) is 69.0 Å². The number of primary amides is 1. The first kappa shape index (κ1) is 27.8. The van der Waals surface area contributed by atoms with E-state index in [1.54, 1.807) is 0 Å². The van der Waals surface area contributed by atoms with E-state index in [9.17, 15) is 13.2 Å². The van der Waals surface area contributed by atoms with E-state index in [0.29, 0.717) is 30.5 Å². The molecule has 0 radical (unpaired) electrons. The molecule has 2 saturated heterocycles. The lowest BCUT2D eigenvalue weighted by Crippen LogP contribution is -2.40. The standard InChI is InChI=1S/C30H33ClN4O5S/c31-26-17-20(1-4-28(26)40-12-7-34-5-10-39-11-6-34)21-15-22(18-29(32)36)30-25(16-21)24-3-2-23(19-27(24)33-30)35-8-13-41(37,38)14-9-35/h1-4,15-17,19,33H,5-14,18H2,(H2,32,36). The van der Waals surface area contributed by atoms with Crippen LogP contribution >= 0.6 is 11.6 Å². The highest BCUT2D eigenvalue weighted by atomic mass is 35.5. The van der Waals surface area contributed by atoms with Gasteiger partial charge in [-0.15, -0.1) is 0 Å². The number of nitrogens with zero attached hydrogens (tertiary/aromatic N) is 2. The summed E-state index contributed by atoms with van der Waals surface area (Å²) in [7, 11) is -2.97. The Morgan fingerprint density at radius 3 is 2.49 bits per heavy atom. The minimum absolute atomic E-state index is 0.0878. The van der Waals surface area contributed by atoms with Gasteiger partial charge in [0.25, 0.3) is 0 Å². The fraction of sp³-hybridized carbons (Fsp3) is 0.367. The third-order valence-electron chi connectivity index (χ3n) is 7.88. The number of anilines is 1. The minimum Gasteiger partial charge on any atom is -0.491 e. The van der Waals surface area contributed by atoms with E-state index in [0.717, 1.165) is 77.0 Å². The van der Waals surface area contributed by atoms with Crippen LogP contribution in [0.1, 0.15) is 5.56 Å². The molecule has 0 aliphatic carbocycles. The van der Waals surface area contributed by atoms with E-state index in [2.05, 4.69) is 20.9 Å². The molecule has 3 heterocycles. The normalized spacial score (nSPS) is 17.7. The summed E-state index contributed by atoms with van der Waals surface area (Å²) in [4.78, 5) is 19.9. The molecule has 0 spiro atoms. The highest BCUT2D eigenvalue weighted by Gasteiger charge is 2.22. The van der Waals surface area contributed by atoms with Crippen molar-refractivity contribution in [1.29, 1.82) is 0 Å². The summed E-state index contributed by atoms with van der Waals surface area (Å²) in [5.74, 6) is 0.528. The molecule has 0 saturated carbocycles. The molecular weight excluding hydrogens is 564 g/mol. The number of ether oxygens (including phenoxy) is 2. The summed E-state index contributed by atoms with van der Waals surface area (Å²) in [5.41, 5.74) is 11.0. The zero-order valence-electron chi connectivity index (χ0n) is 22.7. The molecule has 216 valence electrons. The topological polar surface area (TPSA) is 118 Å². The quantitative estimate of drug-likeness (QED) is 0.319. The zero-order chi connectivity index (χ0) is 28.6. The van der Waals surface area contributed by atoms with Gasteiger partial charge in [-0.05, 0) is 53.1 Å². The molecule has 0 atom stereocenters. The fourth-order valence-electron chi connectivity index (χ4n) is 5.64. The van der Waals surface area contributed by atoms with Crippen molar-refractivity contribution in [2.24, 2.45) is 5.73 Å². The fourth-order valence-corrected chi connectivity index (χ4v) is 7.07. The van der Waals surface area contributed by atoms with Gasteiger partial charge in [0.05, 0.1) is 41.7 Å². The Morgan fingerprint density at radius 1 is 0.976 bits per heavy atom. The number of fused-ring (bicyclic) bond motifs is 3. The Balaban J connectivity index is 1.29. The number of nitrogens with one attached hydrogen (secondary N) is 1. The number of H-pyrrole nitrogens is 1. The number of sulfone groups is 1. The van der Waals surface area contributed by atoms with Crippen LogP contribution in [0.4, 0.5) is 5.69 Å². The molecule has 0 unspecified atom stereocenters. The summed E-state index contributed by atoms with van der Waals surface area (Å²) >= 11 is 6.64. The van der Waals surface area contributed by atoms with Gasteiger partial charge in [0, 0.05) is 54.7 Å². The number of amides is 1. The molecule has 6 rings (SSSR count). The SMILES string of the molecule is NC(=O)Cc1cc(-c2ccc(OCCN3CCOCC3)c(Cl)c2)cc2c1[nH]c1cc(N3CCS(=O)(=O)CC3)ccc12. The molecule has 3 aromatic carbocycles. The monoisotopic (exact) mass is 596 g/mol. The minimum atomic E-state index is -2.97. The second-order valence-corrected chi connectivity index (χ2v) is 13.4. The molecule has 11 heteroatoms. The van der Waals surface area contributed by atoms with Crippen molar-refractivity contribution >= 4 is 54.8 Å². The van der Waals surface area contributed by atoms with Crippen LogP contribution in [-0.2, 0) is 25.8 Å². The second kappa shape index (κ2) is 11.5. The van der Waals surface area contributed by atoms with Crippen LogP contribution in [0.3, 0.4) is 0 Å². The maximum atomic E-state index is 12.0. The molecule has 0 bridgehead atoms. The first-order chi connectivity index (χ1) is 19.8. The number of carbonyl (C=O) groups excluding carboxylic acids is 1. The lowest BCUT2D eigenvalue weighted by Gasteiger charge is -2.28. The van der Waals surface area contributed by atoms with Crippen LogP contribution in [0.5, 0.6) is 5.75 Å². The lowest BCUT2D eigenvalue weighted by atomic mass is 9.97. The number of hydrogen-bond donors (Lipinski definition) is 2. The van der Waals surface area contributed by atoms with Crippen molar-refractivity contribution in [3.8, 4) is 16.9 Å². The summed E-state index contributed by atoms with van der Waals surface area (Å²) < 4.78 is 35.1. The smallest absolute Gasteiger partial charge is 0.221 e. The van der Waals surface area contributed by atoms with Crippen molar-refractivity contribution in [1.82, 2.24) is 9.88 Å². The van der Waals surface area contributed by atoms with E-state index in [-0.39, 0.29) is 17.9 Å². The molecule has 1 aromatic heterocycles. The van der Waals surface area contributed by atoms with Crippen LogP contribution in [-0.4, -0.2) is 88.3 Å². The van der Waals surface area contributed by atoms with Gasteiger partial charge < -0.3 is 25.1 Å². The van der Waals surface area contributed by atoms with Crippen LogP contribution < -0.4 is 15.4 Å². The van der Waals surface area contributed by atoms with Gasteiger partial charge in [-0.1, -0.05) is 23.7 Å². The lowest BCUT2D eigenvalue weighted by molar-refractivity contribution is -0.117. The number of halogens is 1. The third kappa shape index (κ3) is 6.16. The molecule has 2 aliphatic heterocycles.